The Kier molecular flexibility index (Phi) is 6.13. The molecule has 1 unspecified atom stereocenters. The number of hydrogen-bond donors (Lipinski definition) is 1. The lowest BCUT2D eigenvalue weighted by Crippen LogP contribution is -2.48. The third-order valence-corrected chi connectivity index (χ3v) is 5.24. The van der Waals surface area contributed by atoms with Crippen molar-refractivity contribution in [1.82, 2.24) is 10.2 Å². The number of carbonyl (C=O) groups is 1. The molecule has 0 spiro atoms. The number of rotatable bonds is 4. The van der Waals surface area contributed by atoms with E-state index in [-0.39, 0.29) is 18.0 Å². The van der Waals surface area contributed by atoms with Crippen LogP contribution < -0.4 is 10.1 Å². The van der Waals surface area contributed by atoms with Gasteiger partial charge in [-0.3, -0.25) is 4.79 Å². The molecule has 2 aromatic carbocycles. The molecule has 0 aromatic heterocycles. The third-order valence-electron chi connectivity index (χ3n) is 5.24. The molecule has 0 aliphatic carbocycles. The highest BCUT2D eigenvalue weighted by Crippen LogP contribution is 2.40. The molecule has 4 nitrogen and oxygen atoms in total. The van der Waals surface area contributed by atoms with Gasteiger partial charge in [-0.05, 0) is 56.5 Å². The molecule has 0 radical (unpaired) electrons. The van der Waals surface area contributed by atoms with Crippen molar-refractivity contribution in [3.63, 3.8) is 0 Å². The molecule has 0 bridgehead atoms. The number of halogens is 3. The number of carbonyl (C=O) groups excluding carboxylic acids is 1. The Balaban J connectivity index is 2.02. The van der Waals surface area contributed by atoms with Crippen molar-refractivity contribution in [3.05, 3.63) is 64.7 Å². The van der Waals surface area contributed by atoms with Gasteiger partial charge in [0, 0.05) is 17.6 Å². The number of hydrogen-bond acceptors (Lipinski definition) is 3. The average Bonchev–Trinajstić information content (AvgIpc) is 2.69. The molecule has 1 aliphatic rings. The topological polar surface area (TPSA) is 41.6 Å². The Hall–Kier alpha value is -2.54. The van der Waals surface area contributed by atoms with E-state index in [1.54, 1.807) is 12.0 Å². The average molecular weight is 420 g/mol. The number of nitrogens with zero attached hydrogens (tertiary/aromatic N) is 1. The van der Waals surface area contributed by atoms with E-state index in [1.165, 1.54) is 12.1 Å². The van der Waals surface area contributed by atoms with E-state index in [1.807, 2.05) is 39.0 Å². The summed E-state index contributed by atoms with van der Waals surface area (Å²) in [5, 5.41) is 3.20. The summed E-state index contributed by atoms with van der Waals surface area (Å²) in [6.07, 6.45) is -3.78. The van der Waals surface area contributed by atoms with Crippen molar-refractivity contribution >= 4 is 5.91 Å². The van der Waals surface area contributed by atoms with Crippen LogP contribution in [0.4, 0.5) is 13.2 Å². The van der Waals surface area contributed by atoms with Crippen LogP contribution >= 0.6 is 0 Å². The maximum absolute atomic E-state index is 13.1. The van der Waals surface area contributed by atoms with Crippen LogP contribution in [-0.2, 0) is 17.4 Å². The number of methoxy groups -OCH3 is 1. The van der Waals surface area contributed by atoms with Crippen LogP contribution in [0.15, 0.2) is 42.5 Å². The highest BCUT2D eigenvalue weighted by atomic mass is 19.4. The normalized spacial score (nSPS) is 16.9. The fourth-order valence-electron chi connectivity index (χ4n) is 3.75. The van der Waals surface area contributed by atoms with Crippen LogP contribution in [0.25, 0.3) is 0 Å². The molecule has 162 valence electrons. The summed E-state index contributed by atoms with van der Waals surface area (Å²) in [6.45, 7) is 6.54. The maximum atomic E-state index is 13.1. The molecule has 30 heavy (non-hydrogen) atoms. The number of fused-ring (bicyclic) bond motifs is 1. The Labute approximate surface area is 175 Å². The molecule has 0 fully saturated rings. The summed E-state index contributed by atoms with van der Waals surface area (Å²) >= 11 is 0. The van der Waals surface area contributed by atoms with E-state index >= 15 is 0 Å². The summed E-state index contributed by atoms with van der Waals surface area (Å²) in [5.74, 6) is 0.632. The smallest absolute Gasteiger partial charge is 0.416 e. The molecular weight excluding hydrogens is 393 g/mol. The standard InChI is InChI=1S/C23H27F3N2O2/c1-22(2,3)27-14-20(29)28-13-12-17-18(6-5-7-19(17)30-4)21(28)15-8-10-16(11-9-15)23(24,25)26/h5-11,21,27H,12-14H2,1-4H3. The van der Waals surface area contributed by atoms with Crippen molar-refractivity contribution in [2.75, 3.05) is 20.2 Å². The fourth-order valence-corrected chi connectivity index (χ4v) is 3.75. The Morgan fingerprint density at radius 3 is 2.37 bits per heavy atom. The molecule has 0 saturated heterocycles. The molecule has 0 saturated carbocycles. The lowest BCUT2D eigenvalue weighted by Gasteiger charge is -2.39. The minimum atomic E-state index is -4.40. The lowest BCUT2D eigenvalue weighted by atomic mass is 9.87. The summed E-state index contributed by atoms with van der Waals surface area (Å²) in [4.78, 5) is 14.8. The predicted molar refractivity (Wildman–Crippen MR) is 109 cm³/mol. The number of ether oxygens (including phenoxy) is 1. The summed E-state index contributed by atoms with van der Waals surface area (Å²) in [5.41, 5.74) is 1.57. The van der Waals surface area contributed by atoms with Gasteiger partial charge >= 0.3 is 6.18 Å². The second-order valence-corrected chi connectivity index (χ2v) is 8.49. The Morgan fingerprint density at radius 1 is 1.13 bits per heavy atom. The SMILES string of the molecule is COc1cccc2c1CCN(C(=O)CNC(C)(C)C)C2c1ccc(C(F)(F)F)cc1. The van der Waals surface area contributed by atoms with Crippen LogP contribution in [0.1, 0.15) is 49.1 Å². The van der Waals surface area contributed by atoms with Gasteiger partial charge in [0.25, 0.3) is 0 Å². The second-order valence-electron chi connectivity index (χ2n) is 8.49. The summed E-state index contributed by atoms with van der Waals surface area (Å²) in [6, 6.07) is 10.2. The molecule has 1 N–H and O–H groups in total. The molecule has 7 heteroatoms. The van der Waals surface area contributed by atoms with Crippen LogP contribution in [-0.4, -0.2) is 36.5 Å². The molecule has 1 amide bonds. The van der Waals surface area contributed by atoms with Crippen LogP contribution in [0, 0.1) is 0 Å². The number of benzene rings is 2. The fraction of sp³-hybridized carbons (Fsp3) is 0.435. The van der Waals surface area contributed by atoms with Gasteiger partial charge in [0.05, 0.1) is 25.3 Å². The van der Waals surface area contributed by atoms with Gasteiger partial charge in [0.15, 0.2) is 0 Å². The largest absolute Gasteiger partial charge is 0.496 e. The zero-order valence-electron chi connectivity index (χ0n) is 17.6. The van der Waals surface area contributed by atoms with E-state index in [9.17, 15) is 18.0 Å². The van der Waals surface area contributed by atoms with Crippen molar-refractivity contribution in [2.24, 2.45) is 0 Å². The highest BCUT2D eigenvalue weighted by Gasteiger charge is 2.35. The molecule has 1 heterocycles. The minimum absolute atomic E-state index is 0.0942. The Bertz CT molecular complexity index is 902. The lowest BCUT2D eigenvalue weighted by molar-refractivity contribution is -0.137. The molecule has 1 atom stereocenters. The van der Waals surface area contributed by atoms with Crippen LogP contribution in [0.2, 0.25) is 0 Å². The van der Waals surface area contributed by atoms with Gasteiger partial charge < -0.3 is 15.0 Å². The van der Waals surface area contributed by atoms with E-state index in [0.29, 0.717) is 18.5 Å². The van der Waals surface area contributed by atoms with Crippen molar-refractivity contribution in [3.8, 4) is 5.75 Å². The minimum Gasteiger partial charge on any atom is -0.496 e. The Morgan fingerprint density at radius 2 is 1.80 bits per heavy atom. The van der Waals surface area contributed by atoms with Crippen LogP contribution in [0.3, 0.4) is 0 Å². The summed E-state index contributed by atoms with van der Waals surface area (Å²) in [7, 11) is 1.59. The number of alkyl halides is 3. The van der Waals surface area contributed by atoms with E-state index in [2.05, 4.69) is 5.32 Å². The zero-order valence-corrected chi connectivity index (χ0v) is 17.6. The number of nitrogens with one attached hydrogen (secondary N) is 1. The van der Waals surface area contributed by atoms with Gasteiger partial charge in [-0.2, -0.15) is 13.2 Å². The highest BCUT2D eigenvalue weighted by molar-refractivity contribution is 5.80. The van der Waals surface area contributed by atoms with E-state index in [4.69, 9.17) is 4.74 Å². The first-order chi connectivity index (χ1) is 14.0. The predicted octanol–water partition coefficient (Wildman–Crippen LogP) is 4.58. The zero-order chi connectivity index (χ0) is 22.1. The van der Waals surface area contributed by atoms with Gasteiger partial charge in [0.1, 0.15) is 5.75 Å². The first-order valence-corrected chi connectivity index (χ1v) is 9.88. The molecular formula is C23H27F3N2O2. The van der Waals surface area contributed by atoms with E-state index in [0.717, 1.165) is 29.0 Å². The van der Waals surface area contributed by atoms with Gasteiger partial charge in [-0.15, -0.1) is 0 Å². The molecule has 1 aliphatic heterocycles. The quantitative estimate of drug-likeness (QED) is 0.788. The van der Waals surface area contributed by atoms with Gasteiger partial charge in [0.2, 0.25) is 5.91 Å². The number of amides is 1. The maximum Gasteiger partial charge on any atom is 0.416 e. The van der Waals surface area contributed by atoms with Crippen molar-refractivity contribution < 1.29 is 22.7 Å². The van der Waals surface area contributed by atoms with Crippen LogP contribution in [0.5, 0.6) is 5.75 Å². The molecule has 2 aromatic rings. The second kappa shape index (κ2) is 8.30. The van der Waals surface area contributed by atoms with Gasteiger partial charge in [-0.1, -0.05) is 24.3 Å². The monoisotopic (exact) mass is 420 g/mol. The van der Waals surface area contributed by atoms with Gasteiger partial charge in [-0.25, -0.2) is 0 Å². The third kappa shape index (κ3) is 4.78. The van der Waals surface area contributed by atoms with E-state index < -0.39 is 17.8 Å². The first kappa shape index (κ1) is 22.2. The summed E-state index contributed by atoms with van der Waals surface area (Å²) < 4.78 is 44.6. The first-order valence-electron chi connectivity index (χ1n) is 9.88. The molecule has 3 rings (SSSR count). The van der Waals surface area contributed by atoms with Crippen molar-refractivity contribution in [2.45, 2.75) is 44.9 Å². The van der Waals surface area contributed by atoms with Crippen molar-refractivity contribution in [1.29, 1.82) is 0 Å².